The van der Waals surface area contributed by atoms with E-state index in [9.17, 15) is 9.70 Å². The number of fused-ring (bicyclic) bond motifs is 1. The third-order valence-corrected chi connectivity index (χ3v) is 5.49. The summed E-state index contributed by atoms with van der Waals surface area (Å²) in [6.45, 7) is 8.19. The molecule has 0 N–H and O–H groups in total. The molecule has 0 saturated carbocycles. The van der Waals surface area contributed by atoms with E-state index in [2.05, 4.69) is 29.3 Å². The molecule has 5 heteroatoms. The summed E-state index contributed by atoms with van der Waals surface area (Å²) in [7, 11) is 0. The summed E-state index contributed by atoms with van der Waals surface area (Å²) in [4.78, 5) is 23.0. The first-order valence-electron chi connectivity index (χ1n) is 8.58. The number of hydrogen-bond acceptors (Lipinski definition) is 3. The van der Waals surface area contributed by atoms with E-state index in [0.717, 1.165) is 22.4 Å². The van der Waals surface area contributed by atoms with Crippen LogP contribution in [0.5, 0.6) is 0 Å². The number of nitroso groups, excluding NO2 is 1. The lowest BCUT2D eigenvalue weighted by Gasteiger charge is -2.14. The molecule has 1 amide bonds. The first-order chi connectivity index (χ1) is 13.1. The van der Waals surface area contributed by atoms with E-state index in [1.165, 1.54) is 10.1 Å². The number of rotatable bonds is 6. The molecular weight excluding hydrogens is 356 g/mol. The van der Waals surface area contributed by atoms with Crippen molar-refractivity contribution in [1.29, 1.82) is 0 Å². The number of hydrogen-bond donors (Lipinski definition) is 0. The number of allylic oxidation sites excluding steroid dienone is 5. The quantitative estimate of drug-likeness (QED) is 0.380. The van der Waals surface area contributed by atoms with Gasteiger partial charge in [-0.15, -0.1) is 16.2 Å². The molecule has 2 heterocycles. The number of amides is 1. The third-order valence-electron chi connectivity index (χ3n) is 4.48. The van der Waals surface area contributed by atoms with Crippen molar-refractivity contribution >= 4 is 32.9 Å². The molecule has 2 aromatic heterocycles. The van der Waals surface area contributed by atoms with Gasteiger partial charge in [-0.1, -0.05) is 48.6 Å². The highest BCUT2D eigenvalue weighted by atomic mass is 32.1. The Morgan fingerprint density at radius 3 is 2.70 bits per heavy atom. The van der Waals surface area contributed by atoms with Gasteiger partial charge in [0.05, 0.1) is 0 Å². The molecule has 0 saturated heterocycles. The smallest absolute Gasteiger partial charge is 0.332 e. The topological polar surface area (TPSA) is 51.4 Å². The van der Waals surface area contributed by atoms with Gasteiger partial charge in [-0.3, -0.25) is 4.79 Å². The van der Waals surface area contributed by atoms with Crippen LogP contribution in [0.2, 0.25) is 0 Å². The van der Waals surface area contributed by atoms with Crippen LogP contribution in [0, 0.1) is 4.91 Å². The highest BCUT2D eigenvalue weighted by molar-refractivity contribution is 7.17. The van der Waals surface area contributed by atoms with Crippen molar-refractivity contribution in [2.45, 2.75) is 20.4 Å². The second kappa shape index (κ2) is 8.10. The Morgan fingerprint density at radius 1 is 1.22 bits per heavy atom. The van der Waals surface area contributed by atoms with Crippen LogP contribution in [0.4, 0.5) is 0 Å². The molecule has 0 aliphatic rings. The molecule has 0 fully saturated rings. The largest absolute Gasteiger partial charge is 0.333 e. The van der Waals surface area contributed by atoms with Gasteiger partial charge < -0.3 is 4.57 Å². The van der Waals surface area contributed by atoms with Crippen molar-refractivity contribution in [3.05, 3.63) is 94.0 Å². The minimum Gasteiger partial charge on any atom is -0.332 e. The number of carbonyl (C=O) groups excluding carboxylic acids is 1. The van der Waals surface area contributed by atoms with E-state index >= 15 is 0 Å². The predicted molar refractivity (Wildman–Crippen MR) is 113 cm³/mol. The Hall–Kier alpha value is -3.05. The fraction of sp³-hybridized carbons (Fsp3) is 0.136. The monoisotopic (exact) mass is 376 g/mol. The van der Waals surface area contributed by atoms with Crippen molar-refractivity contribution in [3.8, 4) is 0 Å². The van der Waals surface area contributed by atoms with Gasteiger partial charge in [0.25, 0.3) is 0 Å². The fourth-order valence-corrected chi connectivity index (χ4v) is 3.99. The van der Waals surface area contributed by atoms with Gasteiger partial charge >= 0.3 is 5.91 Å². The number of aromatic nitrogens is 1. The van der Waals surface area contributed by atoms with E-state index < -0.39 is 5.91 Å². The number of benzene rings is 1. The average Bonchev–Trinajstić information content (AvgIpc) is 3.33. The fourth-order valence-electron chi connectivity index (χ4n) is 3.08. The Balaban J connectivity index is 2.16. The van der Waals surface area contributed by atoms with E-state index in [0.29, 0.717) is 6.54 Å². The first kappa shape index (κ1) is 18.7. The highest BCUT2D eigenvalue weighted by Gasteiger charge is 2.18. The molecule has 4 nitrogen and oxygen atoms in total. The van der Waals surface area contributed by atoms with Crippen LogP contribution in [0.1, 0.15) is 35.6 Å². The Bertz CT molecular complexity index is 1080. The van der Waals surface area contributed by atoms with Crippen LogP contribution < -0.4 is 0 Å². The van der Waals surface area contributed by atoms with Crippen LogP contribution in [-0.2, 0) is 6.54 Å². The maximum Gasteiger partial charge on any atom is 0.333 e. The predicted octanol–water partition coefficient (Wildman–Crippen LogP) is 6.19. The molecule has 3 aromatic rings. The molecular formula is C22H20N2O2S. The molecule has 0 unspecified atom stereocenters. The molecule has 0 aliphatic carbocycles. The van der Waals surface area contributed by atoms with Crippen molar-refractivity contribution in [2.75, 3.05) is 0 Å². The van der Waals surface area contributed by atoms with E-state index in [1.807, 2.05) is 48.8 Å². The molecule has 0 atom stereocenters. The minimum atomic E-state index is -0.764. The first-order valence-corrected chi connectivity index (χ1v) is 9.46. The van der Waals surface area contributed by atoms with E-state index in [4.69, 9.17) is 0 Å². The summed E-state index contributed by atoms with van der Waals surface area (Å²) in [5.74, 6) is -0.764. The molecule has 0 bridgehead atoms. The van der Waals surface area contributed by atoms with Gasteiger partial charge in [-0.05, 0) is 53.9 Å². The number of nitrogens with zero attached hydrogens (tertiary/aromatic N) is 2. The second-order valence-corrected chi connectivity index (χ2v) is 7.10. The minimum absolute atomic E-state index is 0.289. The van der Waals surface area contributed by atoms with Crippen molar-refractivity contribution in [3.63, 3.8) is 0 Å². The Labute approximate surface area is 162 Å². The zero-order chi connectivity index (χ0) is 19.4. The van der Waals surface area contributed by atoms with E-state index in [-0.39, 0.29) is 5.69 Å². The van der Waals surface area contributed by atoms with Gasteiger partial charge in [-0.2, -0.15) is 0 Å². The van der Waals surface area contributed by atoms with Crippen LogP contribution in [0.3, 0.4) is 0 Å². The highest BCUT2D eigenvalue weighted by Crippen LogP contribution is 2.28. The summed E-state index contributed by atoms with van der Waals surface area (Å²) in [6.07, 6.45) is 5.77. The van der Waals surface area contributed by atoms with Crippen LogP contribution in [0.15, 0.2) is 77.3 Å². The van der Waals surface area contributed by atoms with Gasteiger partial charge in [0, 0.05) is 22.1 Å². The molecule has 1 aromatic carbocycles. The summed E-state index contributed by atoms with van der Waals surface area (Å²) in [5.41, 5.74) is 4.21. The molecule has 136 valence electrons. The second-order valence-electron chi connectivity index (χ2n) is 6.18. The van der Waals surface area contributed by atoms with E-state index in [1.54, 1.807) is 23.5 Å². The molecule has 27 heavy (non-hydrogen) atoms. The average molecular weight is 376 g/mol. The lowest BCUT2D eigenvalue weighted by Crippen LogP contribution is -2.11. The Kier molecular flexibility index (Phi) is 5.62. The molecule has 0 spiro atoms. The van der Waals surface area contributed by atoms with Crippen molar-refractivity contribution in [1.82, 2.24) is 4.57 Å². The molecule has 0 aliphatic heterocycles. The van der Waals surface area contributed by atoms with Crippen LogP contribution in [0.25, 0.3) is 15.7 Å². The Morgan fingerprint density at radius 2 is 2.00 bits per heavy atom. The summed E-state index contributed by atoms with van der Waals surface area (Å²) in [5, 5.41) is 5.85. The lowest BCUT2D eigenvalue weighted by atomic mass is 10.1. The normalized spacial score (nSPS) is 12.4. The summed E-state index contributed by atoms with van der Waals surface area (Å²) >= 11 is 1.67. The number of carbonyl (C=O) groups is 1. The van der Waals surface area contributed by atoms with Crippen LogP contribution >= 0.6 is 11.3 Å². The van der Waals surface area contributed by atoms with Gasteiger partial charge in [0.15, 0.2) is 0 Å². The standard InChI is InChI=1S/C22H20N2O2S/c1-4-15(3)13-16(5-2)19-9-10-20(22(25)23-26)24(19)14-18-8-6-7-17-11-12-27-21(17)18/h4-13H,1,14H2,2-3H3/b15-13-,16-5+. The zero-order valence-electron chi connectivity index (χ0n) is 15.3. The summed E-state index contributed by atoms with van der Waals surface area (Å²) < 4.78 is 3.04. The van der Waals surface area contributed by atoms with Crippen LogP contribution in [-0.4, -0.2) is 10.5 Å². The SMILES string of the molecule is C=C/C(C)=C\C(=C/C)c1ccc(C(=O)N=O)n1Cc1cccc2ccsc12. The summed E-state index contributed by atoms with van der Waals surface area (Å²) in [6, 6.07) is 11.7. The zero-order valence-corrected chi connectivity index (χ0v) is 16.1. The number of thiophene rings is 1. The lowest BCUT2D eigenvalue weighted by molar-refractivity contribution is 0.0992. The maximum atomic E-state index is 12.1. The van der Waals surface area contributed by atoms with Crippen molar-refractivity contribution < 1.29 is 4.79 Å². The molecule has 0 radical (unpaired) electrons. The van der Waals surface area contributed by atoms with Gasteiger partial charge in [0.1, 0.15) is 5.69 Å². The van der Waals surface area contributed by atoms with Gasteiger partial charge in [-0.25, -0.2) is 0 Å². The molecule has 3 rings (SSSR count). The van der Waals surface area contributed by atoms with Gasteiger partial charge in [0.2, 0.25) is 0 Å². The third kappa shape index (κ3) is 3.73. The van der Waals surface area contributed by atoms with Crippen molar-refractivity contribution in [2.24, 2.45) is 5.18 Å². The maximum absolute atomic E-state index is 12.1.